The fraction of sp³-hybridized carbons (Fsp3) is 0.444. The summed E-state index contributed by atoms with van der Waals surface area (Å²) in [5.41, 5.74) is 6.40. The second kappa shape index (κ2) is 8.96. The van der Waals surface area contributed by atoms with Crippen molar-refractivity contribution in [3.8, 4) is 0 Å². The van der Waals surface area contributed by atoms with Gasteiger partial charge in [-0.25, -0.2) is 4.98 Å². The molecule has 9 heteroatoms. The molecule has 2 atom stereocenters. The first kappa shape index (κ1) is 19.3. The molecule has 1 aromatic carbocycles. The first-order valence-corrected chi connectivity index (χ1v) is 9.41. The molecule has 2 aromatic rings. The number of anilines is 3. The lowest BCUT2D eigenvalue weighted by Gasteiger charge is -2.28. The summed E-state index contributed by atoms with van der Waals surface area (Å²) in [6, 6.07) is 7.06. The topological polar surface area (TPSA) is 119 Å². The maximum Gasteiger partial charge on any atom is 0.329 e. The lowest BCUT2D eigenvalue weighted by atomic mass is 9.81. The Morgan fingerprint density at radius 1 is 1.26 bits per heavy atom. The fourth-order valence-corrected chi connectivity index (χ4v) is 3.53. The summed E-state index contributed by atoms with van der Waals surface area (Å²) in [6.45, 7) is 1.33. The molecule has 1 aliphatic carbocycles. The van der Waals surface area contributed by atoms with Crippen molar-refractivity contribution in [1.82, 2.24) is 9.97 Å². The molecule has 4 N–H and O–H groups in total. The van der Waals surface area contributed by atoms with Gasteiger partial charge in [0, 0.05) is 17.3 Å². The van der Waals surface area contributed by atoms with Crippen molar-refractivity contribution in [3.05, 3.63) is 45.6 Å². The van der Waals surface area contributed by atoms with Gasteiger partial charge in [0.1, 0.15) is 6.20 Å². The number of nitro groups is 1. The van der Waals surface area contributed by atoms with Gasteiger partial charge in [-0.15, -0.1) is 0 Å². The fourth-order valence-electron chi connectivity index (χ4n) is 3.40. The third-order valence-electron chi connectivity index (χ3n) is 4.85. The summed E-state index contributed by atoms with van der Waals surface area (Å²) in [5, 5.41) is 18.1. The number of nitrogens with one attached hydrogen (secondary N) is 2. The van der Waals surface area contributed by atoms with Crippen LogP contribution in [0.5, 0.6) is 0 Å². The maximum absolute atomic E-state index is 11.3. The lowest BCUT2D eigenvalue weighted by Crippen LogP contribution is -2.26. The second-order valence-electron chi connectivity index (χ2n) is 6.83. The van der Waals surface area contributed by atoms with E-state index in [0.29, 0.717) is 29.9 Å². The van der Waals surface area contributed by atoms with Gasteiger partial charge in [-0.1, -0.05) is 18.0 Å². The molecule has 0 saturated heterocycles. The van der Waals surface area contributed by atoms with Crippen LogP contribution in [0, 0.1) is 22.0 Å². The standard InChI is InChI=1S/C18H23ClN6O2/c19-14-4-6-15(7-5-14)23-18-22-11-16(25(26)27)17(24-18)21-10-13-3-1-2-12(8-13)9-20/h4-7,11-13H,1-3,8-10,20H2,(H2,21,22,23,24). The molecule has 2 unspecified atom stereocenters. The van der Waals surface area contributed by atoms with Crippen LogP contribution in [0.3, 0.4) is 0 Å². The molecule has 3 rings (SSSR count). The highest BCUT2D eigenvalue weighted by Gasteiger charge is 2.23. The third kappa shape index (κ3) is 5.27. The third-order valence-corrected chi connectivity index (χ3v) is 5.10. The molecule has 8 nitrogen and oxygen atoms in total. The van der Waals surface area contributed by atoms with E-state index in [1.165, 1.54) is 6.20 Å². The smallest absolute Gasteiger partial charge is 0.329 e. The Morgan fingerprint density at radius 2 is 2.00 bits per heavy atom. The van der Waals surface area contributed by atoms with E-state index < -0.39 is 4.92 Å². The van der Waals surface area contributed by atoms with Gasteiger partial charge >= 0.3 is 5.69 Å². The van der Waals surface area contributed by atoms with E-state index in [1.54, 1.807) is 24.3 Å². The van der Waals surface area contributed by atoms with Crippen molar-refractivity contribution in [1.29, 1.82) is 0 Å². The average molecular weight is 391 g/mol. The predicted molar refractivity (Wildman–Crippen MR) is 106 cm³/mol. The minimum Gasteiger partial charge on any atom is -0.364 e. The number of rotatable bonds is 7. The molecule has 1 saturated carbocycles. The minimum absolute atomic E-state index is 0.136. The van der Waals surface area contributed by atoms with Crippen molar-refractivity contribution in [2.45, 2.75) is 25.7 Å². The summed E-state index contributed by atoms with van der Waals surface area (Å²) < 4.78 is 0. The van der Waals surface area contributed by atoms with Crippen LogP contribution in [0.1, 0.15) is 25.7 Å². The Kier molecular flexibility index (Phi) is 6.41. The Hall–Kier alpha value is -2.45. The predicted octanol–water partition coefficient (Wildman–Crippen LogP) is 3.96. The Bertz CT molecular complexity index is 786. The van der Waals surface area contributed by atoms with Crippen LogP contribution < -0.4 is 16.4 Å². The van der Waals surface area contributed by atoms with E-state index in [2.05, 4.69) is 20.6 Å². The first-order valence-electron chi connectivity index (χ1n) is 9.03. The van der Waals surface area contributed by atoms with Crippen molar-refractivity contribution >= 4 is 34.7 Å². The minimum atomic E-state index is -0.474. The van der Waals surface area contributed by atoms with Crippen LogP contribution in [0.15, 0.2) is 30.5 Å². The molecule has 0 aliphatic heterocycles. The molecular weight excluding hydrogens is 368 g/mol. The summed E-state index contributed by atoms with van der Waals surface area (Å²) >= 11 is 5.88. The molecule has 0 amide bonds. The van der Waals surface area contributed by atoms with Gasteiger partial charge in [0.25, 0.3) is 0 Å². The van der Waals surface area contributed by atoms with Crippen LogP contribution in [-0.4, -0.2) is 28.0 Å². The highest BCUT2D eigenvalue weighted by Crippen LogP contribution is 2.30. The quantitative estimate of drug-likeness (QED) is 0.483. The number of hydrogen-bond acceptors (Lipinski definition) is 7. The van der Waals surface area contributed by atoms with Crippen molar-refractivity contribution < 1.29 is 4.92 Å². The van der Waals surface area contributed by atoms with E-state index in [4.69, 9.17) is 17.3 Å². The average Bonchev–Trinajstić information content (AvgIpc) is 2.68. The van der Waals surface area contributed by atoms with Gasteiger partial charge in [0.2, 0.25) is 11.8 Å². The number of nitrogens with zero attached hydrogens (tertiary/aromatic N) is 3. The second-order valence-corrected chi connectivity index (χ2v) is 7.27. The lowest BCUT2D eigenvalue weighted by molar-refractivity contribution is -0.384. The van der Waals surface area contributed by atoms with E-state index in [9.17, 15) is 10.1 Å². The Labute approximate surface area is 162 Å². The molecule has 1 heterocycles. The summed E-state index contributed by atoms with van der Waals surface area (Å²) in [5.74, 6) is 1.48. The van der Waals surface area contributed by atoms with Gasteiger partial charge in [0.15, 0.2) is 0 Å². The van der Waals surface area contributed by atoms with E-state index in [1.807, 2.05) is 0 Å². The van der Waals surface area contributed by atoms with Crippen LogP contribution in [0.2, 0.25) is 5.02 Å². The van der Waals surface area contributed by atoms with Crippen LogP contribution in [0.4, 0.5) is 23.1 Å². The molecular formula is C18H23ClN6O2. The van der Waals surface area contributed by atoms with Gasteiger partial charge in [-0.05, 0) is 61.9 Å². The number of halogens is 1. The zero-order valence-electron chi connectivity index (χ0n) is 14.9. The highest BCUT2D eigenvalue weighted by atomic mass is 35.5. The Balaban J connectivity index is 1.71. The first-order chi connectivity index (χ1) is 13.0. The van der Waals surface area contributed by atoms with E-state index in [-0.39, 0.29) is 17.5 Å². The molecule has 0 bridgehead atoms. The van der Waals surface area contributed by atoms with Crippen LogP contribution in [0.25, 0.3) is 0 Å². The summed E-state index contributed by atoms with van der Waals surface area (Å²) in [4.78, 5) is 19.2. The number of hydrogen-bond donors (Lipinski definition) is 3. The largest absolute Gasteiger partial charge is 0.364 e. The number of aromatic nitrogens is 2. The molecule has 27 heavy (non-hydrogen) atoms. The van der Waals surface area contributed by atoms with Gasteiger partial charge in [-0.2, -0.15) is 4.98 Å². The monoisotopic (exact) mass is 390 g/mol. The SMILES string of the molecule is NCC1CCCC(CNc2nc(Nc3ccc(Cl)cc3)ncc2[N+](=O)[O-])C1. The van der Waals surface area contributed by atoms with E-state index >= 15 is 0 Å². The highest BCUT2D eigenvalue weighted by molar-refractivity contribution is 6.30. The Morgan fingerprint density at radius 3 is 2.70 bits per heavy atom. The maximum atomic E-state index is 11.3. The van der Waals surface area contributed by atoms with Crippen molar-refractivity contribution in [2.75, 3.05) is 23.7 Å². The number of benzene rings is 1. The zero-order chi connectivity index (χ0) is 19.2. The van der Waals surface area contributed by atoms with Crippen molar-refractivity contribution in [3.63, 3.8) is 0 Å². The van der Waals surface area contributed by atoms with Crippen molar-refractivity contribution in [2.24, 2.45) is 17.6 Å². The van der Waals surface area contributed by atoms with Gasteiger partial charge in [-0.3, -0.25) is 10.1 Å². The molecule has 1 fully saturated rings. The molecule has 1 aromatic heterocycles. The normalized spacial score (nSPS) is 19.5. The summed E-state index contributed by atoms with van der Waals surface area (Å²) in [7, 11) is 0. The van der Waals surface area contributed by atoms with Gasteiger partial charge < -0.3 is 16.4 Å². The van der Waals surface area contributed by atoms with E-state index in [0.717, 1.165) is 31.4 Å². The number of nitrogens with two attached hydrogens (primary N) is 1. The zero-order valence-corrected chi connectivity index (χ0v) is 15.7. The molecule has 0 radical (unpaired) electrons. The summed E-state index contributed by atoms with van der Waals surface area (Å²) in [6.07, 6.45) is 5.66. The molecule has 1 aliphatic rings. The van der Waals surface area contributed by atoms with Crippen LogP contribution in [-0.2, 0) is 0 Å². The van der Waals surface area contributed by atoms with Crippen LogP contribution >= 0.6 is 11.6 Å². The molecule has 144 valence electrons. The van der Waals surface area contributed by atoms with Gasteiger partial charge in [0.05, 0.1) is 4.92 Å². The molecule has 0 spiro atoms.